The zero-order valence-corrected chi connectivity index (χ0v) is 25.8. The number of rotatable bonds is 12. The molecule has 4 aromatic rings. The van der Waals surface area contributed by atoms with Gasteiger partial charge in [-0.15, -0.1) is 0 Å². The van der Waals surface area contributed by atoms with Crippen molar-refractivity contribution in [3.05, 3.63) is 125 Å². The van der Waals surface area contributed by atoms with Gasteiger partial charge in [0.15, 0.2) is 0 Å². The lowest BCUT2D eigenvalue weighted by molar-refractivity contribution is -0.139. The van der Waals surface area contributed by atoms with Crippen molar-refractivity contribution in [2.24, 2.45) is 0 Å². The largest absolute Gasteiger partial charge is 0.495 e. The van der Waals surface area contributed by atoms with Gasteiger partial charge in [-0.1, -0.05) is 90.0 Å². The highest BCUT2D eigenvalue weighted by Crippen LogP contribution is 2.33. The Balaban J connectivity index is 1.82. The monoisotopic (exact) mass is 619 g/mol. The quantitative estimate of drug-likeness (QED) is 0.234. The van der Waals surface area contributed by atoms with Crippen molar-refractivity contribution in [1.29, 1.82) is 0 Å². The number of anilines is 1. The highest BCUT2D eigenvalue weighted by Gasteiger charge is 2.35. The van der Waals surface area contributed by atoms with E-state index in [2.05, 4.69) is 5.32 Å². The fourth-order valence-corrected chi connectivity index (χ4v) is 6.34. The van der Waals surface area contributed by atoms with Crippen LogP contribution in [0.15, 0.2) is 108 Å². The number of benzene rings is 4. The lowest BCUT2D eigenvalue weighted by atomic mass is 10.0. The maximum atomic E-state index is 14.4. The Kier molecular flexibility index (Phi) is 10.4. The van der Waals surface area contributed by atoms with E-state index in [4.69, 9.17) is 16.3 Å². The summed E-state index contributed by atoms with van der Waals surface area (Å²) in [5.74, 6) is -0.712. The summed E-state index contributed by atoms with van der Waals surface area (Å²) in [6.07, 6.45) is 0.204. The van der Waals surface area contributed by atoms with Gasteiger partial charge in [0.2, 0.25) is 11.8 Å². The van der Waals surface area contributed by atoms with Gasteiger partial charge in [-0.2, -0.15) is 0 Å². The lowest BCUT2D eigenvalue weighted by Crippen LogP contribution is -2.53. The van der Waals surface area contributed by atoms with Crippen LogP contribution in [0.1, 0.15) is 16.7 Å². The highest BCUT2D eigenvalue weighted by molar-refractivity contribution is 7.92. The molecule has 0 heterocycles. The molecule has 224 valence electrons. The van der Waals surface area contributed by atoms with Crippen LogP contribution >= 0.6 is 11.6 Å². The van der Waals surface area contributed by atoms with Crippen LogP contribution in [0.5, 0.6) is 5.75 Å². The average molecular weight is 620 g/mol. The molecular formula is C33H34ClN3O5S. The molecule has 1 atom stereocenters. The van der Waals surface area contributed by atoms with Gasteiger partial charge >= 0.3 is 0 Å². The number of amides is 2. The van der Waals surface area contributed by atoms with Crippen LogP contribution in [-0.4, -0.2) is 51.9 Å². The first-order chi connectivity index (χ1) is 20.6. The van der Waals surface area contributed by atoms with Crippen molar-refractivity contribution in [3.63, 3.8) is 0 Å². The third-order valence-corrected chi connectivity index (χ3v) is 9.20. The van der Waals surface area contributed by atoms with Gasteiger partial charge in [0.1, 0.15) is 18.3 Å². The summed E-state index contributed by atoms with van der Waals surface area (Å²) in [7, 11) is -1.31. The van der Waals surface area contributed by atoms with Crippen molar-refractivity contribution < 1.29 is 22.7 Å². The Labute approximate surface area is 257 Å². The van der Waals surface area contributed by atoms with Crippen LogP contribution in [0.4, 0.5) is 5.69 Å². The van der Waals surface area contributed by atoms with E-state index in [0.29, 0.717) is 10.6 Å². The maximum Gasteiger partial charge on any atom is 0.264 e. The number of carbonyl (C=O) groups is 2. The minimum atomic E-state index is -4.24. The standard InChI is InChI=1S/C33H34ClN3O5S/c1-24-17-19-27(20-18-24)43(40,41)37(29-15-9-10-16-31(29)42-3)23-32(38)36(22-26-13-7-8-14-28(26)34)30(33(39)35-2)21-25-11-5-4-6-12-25/h4-20,30H,21-23H2,1-3H3,(H,35,39)/t30-/m0/s1. The predicted octanol–water partition coefficient (Wildman–Crippen LogP) is 5.24. The number of halogens is 1. The number of hydrogen-bond donors (Lipinski definition) is 1. The smallest absolute Gasteiger partial charge is 0.264 e. The molecule has 2 amide bonds. The predicted molar refractivity (Wildman–Crippen MR) is 169 cm³/mol. The molecule has 4 rings (SSSR count). The molecule has 4 aromatic carbocycles. The number of likely N-dealkylation sites (N-methyl/N-ethyl adjacent to an activating group) is 1. The second kappa shape index (κ2) is 14.2. The number of aryl methyl sites for hydroxylation is 1. The summed E-state index contributed by atoms with van der Waals surface area (Å²) >= 11 is 6.50. The summed E-state index contributed by atoms with van der Waals surface area (Å²) < 4.78 is 34.8. The third kappa shape index (κ3) is 7.55. The van der Waals surface area contributed by atoms with E-state index in [1.54, 1.807) is 60.7 Å². The molecule has 0 radical (unpaired) electrons. The van der Waals surface area contributed by atoms with Crippen LogP contribution in [0.25, 0.3) is 0 Å². The van der Waals surface area contributed by atoms with Crippen LogP contribution in [-0.2, 0) is 32.6 Å². The molecule has 0 bridgehead atoms. The minimum absolute atomic E-state index is 0.0154. The zero-order valence-electron chi connectivity index (χ0n) is 24.2. The van der Waals surface area contributed by atoms with E-state index in [1.165, 1.54) is 31.2 Å². The van der Waals surface area contributed by atoms with Crippen molar-refractivity contribution in [2.75, 3.05) is 25.0 Å². The van der Waals surface area contributed by atoms with Gasteiger partial charge in [-0.25, -0.2) is 8.42 Å². The van der Waals surface area contributed by atoms with Crippen molar-refractivity contribution >= 4 is 39.1 Å². The molecule has 10 heteroatoms. The van der Waals surface area contributed by atoms with Gasteiger partial charge < -0.3 is 15.0 Å². The number of para-hydroxylation sites is 2. The fourth-order valence-electron chi connectivity index (χ4n) is 4.72. The first kappa shape index (κ1) is 31.6. The van der Waals surface area contributed by atoms with E-state index in [9.17, 15) is 18.0 Å². The van der Waals surface area contributed by atoms with Crippen molar-refractivity contribution in [3.8, 4) is 5.75 Å². The van der Waals surface area contributed by atoms with E-state index < -0.39 is 34.4 Å². The van der Waals surface area contributed by atoms with Crippen LogP contribution in [0.2, 0.25) is 5.02 Å². The normalized spacial score (nSPS) is 11.8. The second-order valence-corrected chi connectivity index (χ2v) is 12.2. The maximum absolute atomic E-state index is 14.4. The van der Waals surface area contributed by atoms with Crippen LogP contribution < -0.4 is 14.4 Å². The van der Waals surface area contributed by atoms with Gasteiger partial charge in [0.25, 0.3) is 10.0 Å². The fraction of sp³-hybridized carbons (Fsp3) is 0.212. The van der Waals surface area contributed by atoms with E-state index >= 15 is 0 Å². The summed E-state index contributed by atoms with van der Waals surface area (Å²) in [6.45, 7) is 1.24. The molecule has 1 N–H and O–H groups in total. The molecule has 0 aliphatic heterocycles. The van der Waals surface area contributed by atoms with E-state index in [-0.39, 0.29) is 29.3 Å². The van der Waals surface area contributed by atoms with E-state index in [0.717, 1.165) is 15.4 Å². The third-order valence-electron chi connectivity index (χ3n) is 7.06. The van der Waals surface area contributed by atoms with Crippen LogP contribution in [0, 0.1) is 6.92 Å². The molecule has 43 heavy (non-hydrogen) atoms. The van der Waals surface area contributed by atoms with E-state index in [1.807, 2.05) is 37.3 Å². The van der Waals surface area contributed by atoms with Gasteiger partial charge in [0.05, 0.1) is 17.7 Å². The second-order valence-electron chi connectivity index (χ2n) is 9.93. The van der Waals surface area contributed by atoms with Gasteiger partial charge in [-0.05, 0) is 48.4 Å². The number of hydrogen-bond acceptors (Lipinski definition) is 5. The molecule has 0 unspecified atom stereocenters. The number of carbonyl (C=O) groups excluding carboxylic acids is 2. The molecule has 0 aliphatic rings. The topological polar surface area (TPSA) is 96.0 Å². The SMILES string of the molecule is CNC(=O)[C@H](Cc1ccccc1)N(Cc1ccccc1Cl)C(=O)CN(c1ccccc1OC)S(=O)(=O)c1ccc(C)cc1. The molecular weight excluding hydrogens is 586 g/mol. The van der Waals surface area contributed by atoms with Crippen molar-refractivity contribution in [1.82, 2.24) is 10.2 Å². The van der Waals surface area contributed by atoms with Crippen molar-refractivity contribution in [2.45, 2.75) is 30.8 Å². The Hall–Kier alpha value is -4.34. The highest BCUT2D eigenvalue weighted by atomic mass is 35.5. The Morgan fingerprint density at radius 3 is 2.16 bits per heavy atom. The molecule has 0 fully saturated rings. The number of methoxy groups -OCH3 is 1. The van der Waals surface area contributed by atoms with Gasteiger partial charge in [0, 0.05) is 25.0 Å². The zero-order chi connectivity index (χ0) is 31.0. The Bertz CT molecular complexity index is 1660. The lowest BCUT2D eigenvalue weighted by Gasteiger charge is -2.34. The number of sulfonamides is 1. The molecule has 0 aromatic heterocycles. The molecule has 8 nitrogen and oxygen atoms in total. The molecule has 0 aliphatic carbocycles. The molecule has 0 saturated carbocycles. The summed E-state index contributed by atoms with van der Waals surface area (Å²) in [5, 5.41) is 3.09. The average Bonchev–Trinajstić information content (AvgIpc) is 3.02. The van der Waals surface area contributed by atoms with Crippen LogP contribution in [0.3, 0.4) is 0 Å². The molecule has 0 spiro atoms. The Morgan fingerprint density at radius 2 is 1.51 bits per heavy atom. The summed E-state index contributed by atoms with van der Waals surface area (Å²) in [6, 6.07) is 28.4. The number of ether oxygens (including phenoxy) is 1. The first-order valence-corrected chi connectivity index (χ1v) is 15.5. The summed E-state index contributed by atoms with van der Waals surface area (Å²) in [5.41, 5.74) is 2.53. The van der Waals surface area contributed by atoms with Gasteiger partial charge in [-0.3, -0.25) is 13.9 Å². The summed E-state index contributed by atoms with van der Waals surface area (Å²) in [4.78, 5) is 29.1. The Morgan fingerprint density at radius 1 is 0.884 bits per heavy atom. The number of nitrogens with zero attached hydrogens (tertiary/aromatic N) is 2. The minimum Gasteiger partial charge on any atom is -0.495 e. The first-order valence-electron chi connectivity index (χ1n) is 13.7. The molecule has 0 saturated heterocycles. The number of nitrogens with one attached hydrogen (secondary N) is 1.